The van der Waals surface area contributed by atoms with E-state index in [-0.39, 0.29) is 18.2 Å². The minimum atomic E-state index is -0.476. The molecule has 2 aliphatic rings. The molecule has 0 bridgehead atoms. The van der Waals surface area contributed by atoms with Crippen LogP contribution < -0.4 is 0 Å². The molecule has 1 spiro atoms. The van der Waals surface area contributed by atoms with Crippen molar-refractivity contribution in [3.63, 3.8) is 0 Å². The van der Waals surface area contributed by atoms with Gasteiger partial charge in [-0.2, -0.15) is 0 Å². The molecule has 1 amide bonds. The molecule has 2 rings (SSSR count). The fourth-order valence-electron chi connectivity index (χ4n) is 4.50. The Kier molecular flexibility index (Phi) is 9.20. The van der Waals surface area contributed by atoms with Crippen LogP contribution in [-0.4, -0.2) is 48.7 Å². The van der Waals surface area contributed by atoms with Gasteiger partial charge < -0.3 is 19.1 Å². The van der Waals surface area contributed by atoms with Gasteiger partial charge in [0, 0.05) is 24.9 Å². The van der Waals surface area contributed by atoms with Gasteiger partial charge in [0.25, 0.3) is 0 Å². The number of nitrogens with zero attached hydrogens (tertiary/aromatic N) is 1. The van der Waals surface area contributed by atoms with Crippen LogP contribution in [0.1, 0.15) is 91.4 Å². The standard InChI is InChI=1S/C21H39NO4/c1-4-7-8-9-10-11-13-19-17-21(25-14-15-26-21)16-18(12-5-2)22(19)20(23)24-6-3/h18-19H,4-17H2,1-3H3. The Hall–Kier alpha value is -0.810. The average molecular weight is 370 g/mol. The average Bonchev–Trinajstić information content (AvgIpc) is 3.05. The highest BCUT2D eigenvalue weighted by Crippen LogP contribution is 2.41. The first-order valence-electron chi connectivity index (χ1n) is 10.9. The van der Waals surface area contributed by atoms with Gasteiger partial charge in [-0.25, -0.2) is 4.79 Å². The maximum atomic E-state index is 12.7. The molecule has 26 heavy (non-hydrogen) atoms. The van der Waals surface area contributed by atoms with E-state index in [1.54, 1.807) is 0 Å². The van der Waals surface area contributed by atoms with Crippen LogP contribution in [-0.2, 0) is 14.2 Å². The third kappa shape index (κ3) is 5.85. The maximum Gasteiger partial charge on any atom is 0.410 e. The lowest BCUT2D eigenvalue weighted by molar-refractivity contribution is -0.206. The molecule has 0 saturated carbocycles. The minimum absolute atomic E-state index is 0.149. The Morgan fingerprint density at radius 3 is 2.15 bits per heavy atom. The molecule has 2 unspecified atom stereocenters. The smallest absolute Gasteiger partial charge is 0.410 e. The fourth-order valence-corrected chi connectivity index (χ4v) is 4.50. The largest absolute Gasteiger partial charge is 0.450 e. The molecule has 5 nitrogen and oxygen atoms in total. The lowest BCUT2D eigenvalue weighted by Crippen LogP contribution is -2.58. The number of ether oxygens (including phenoxy) is 3. The molecule has 0 N–H and O–H groups in total. The SMILES string of the molecule is CCCCCCCCC1CC2(CC(CCC)N1C(=O)OCC)OCCO2. The van der Waals surface area contributed by atoms with Crippen LogP contribution in [0.4, 0.5) is 4.79 Å². The molecule has 2 fully saturated rings. The van der Waals surface area contributed by atoms with Crippen molar-refractivity contribution in [1.29, 1.82) is 0 Å². The molecule has 5 heteroatoms. The predicted molar refractivity (Wildman–Crippen MR) is 103 cm³/mol. The lowest BCUT2D eigenvalue weighted by Gasteiger charge is -2.48. The van der Waals surface area contributed by atoms with Crippen LogP contribution in [0.15, 0.2) is 0 Å². The fraction of sp³-hybridized carbons (Fsp3) is 0.952. The highest BCUT2D eigenvalue weighted by Gasteiger charge is 2.49. The second-order valence-corrected chi connectivity index (χ2v) is 7.77. The Morgan fingerprint density at radius 2 is 1.54 bits per heavy atom. The van der Waals surface area contributed by atoms with Crippen molar-refractivity contribution in [2.75, 3.05) is 19.8 Å². The van der Waals surface area contributed by atoms with E-state index in [0.29, 0.717) is 19.8 Å². The van der Waals surface area contributed by atoms with Gasteiger partial charge in [0.05, 0.1) is 19.8 Å². The number of unbranched alkanes of at least 4 members (excludes halogenated alkanes) is 5. The van der Waals surface area contributed by atoms with Crippen molar-refractivity contribution in [2.24, 2.45) is 0 Å². The minimum Gasteiger partial charge on any atom is -0.450 e. The predicted octanol–water partition coefficient (Wildman–Crippen LogP) is 5.27. The van der Waals surface area contributed by atoms with Crippen molar-refractivity contribution in [1.82, 2.24) is 4.90 Å². The Morgan fingerprint density at radius 1 is 0.923 bits per heavy atom. The topological polar surface area (TPSA) is 48.0 Å². The summed E-state index contributed by atoms with van der Waals surface area (Å²) in [5, 5.41) is 0. The molecule has 0 aromatic heterocycles. The van der Waals surface area contributed by atoms with E-state index >= 15 is 0 Å². The zero-order chi connectivity index (χ0) is 18.8. The monoisotopic (exact) mass is 369 g/mol. The molecule has 2 saturated heterocycles. The molecule has 0 aromatic carbocycles. The summed E-state index contributed by atoms with van der Waals surface area (Å²) in [5.74, 6) is -0.476. The Labute approximate surface area is 159 Å². The number of hydrogen-bond donors (Lipinski definition) is 0. The second kappa shape index (κ2) is 11.1. The lowest BCUT2D eigenvalue weighted by atomic mass is 9.86. The van der Waals surface area contributed by atoms with Gasteiger partial charge in [-0.05, 0) is 19.8 Å². The third-order valence-corrected chi connectivity index (χ3v) is 5.69. The molecule has 2 aliphatic heterocycles. The Bertz CT molecular complexity index is 409. The van der Waals surface area contributed by atoms with Gasteiger partial charge in [0.2, 0.25) is 0 Å². The molecular weight excluding hydrogens is 330 g/mol. The van der Waals surface area contributed by atoms with E-state index < -0.39 is 5.79 Å². The normalized spacial score (nSPS) is 25.0. The summed E-state index contributed by atoms with van der Waals surface area (Å²) in [6, 6.07) is 0.305. The number of rotatable bonds is 10. The molecule has 2 heterocycles. The summed E-state index contributed by atoms with van der Waals surface area (Å²) in [7, 11) is 0. The number of carbonyl (C=O) groups excluding carboxylic acids is 1. The van der Waals surface area contributed by atoms with E-state index in [9.17, 15) is 4.79 Å². The maximum absolute atomic E-state index is 12.7. The zero-order valence-electron chi connectivity index (χ0n) is 17.1. The first-order chi connectivity index (χ1) is 12.7. The summed E-state index contributed by atoms with van der Waals surface area (Å²) < 4.78 is 17.5. The van der Waals surface area contributed by atoms with Crippen molar-refractivity contribution < 1.29 is 19.0 Å². The van der Waals surface area contributed by atoms with Crippen LogP contribution in [0.5, 0.6) is 0 Å². The van der Waals surface area contributed by atoms with Gasteiger partial charge in [-0.15, -0.1) is 0 Å². The molecule has 0 aromatic rings. The molecule has 0 aliphatic carbocycles. The van der Waals surface area contributed by atoms with Gasteiger partial charge in [-0.1, -0.05) is 58.8 Å². The molecular formula is C21H39NO4. The first-order valence-corrected chi connectivity index (χ1v) is 10.9. The number of likely N-dealkylation sites (tertiary alicyclic amines) is 1. The summed E-state index contributed by atoms with van der Waals surface area (Å²) in [6.45, 7) is 8.06. The highest BCUT2D eigenvalue weighted by molar-refractivity contribution is 5.68. The molecule has 0 radical (unpaired) electrons. The van der Waals surface area contributed by atoms with Gasteiger partial charge >= 0.3 is 6.09 Å². The van der Waals surface area contributed by atoms with Crippen molar-refractivity contribution in [3.8, 4) is 0 Å². The third-order valence-electron chi connectivity index (χ3n) is 5.69. The Balaban J connectivity index is 2.02. The van der Waals surface area contributed by atoms with Crippen molar-refractivity contribution in [3.05, 3.63) is 0 Å². The summed E-state index contributed by atoms with van der Waals surface area (Å²) >= 11 is 0. The van der Waals surface area contributed by atoms with Crippen molar-refractivity contribution >= 4 is 6.09 Å². The number of piperidine rings is 1. The van der Waals surface area contributed by atoms with Gasteiger partial charge in [-0.3, -0.25) is 0 Å². The molecule has 2 atom stereocenters. The number of amides is 1. The van der Waals surface area contributed by atoms with Crippen LogP contribution in [0, 0.1) is 0 Å². The van der Waals surface area contributed by atoms with E-state index in [4.69, 9.17) is 14.2 Å². The van der Waals surface area contributed by atoms with Crippen LogP contribution in [0.25, 0.3) is 0 Å². The van der Waals surface area contributed by atoms with Gasteiger partial charge in [0.1, 0.15) is 0 Å². The van der Waals surface area contributed by atoms with Crippen LogP contribution >= 0.6 is 0 Å². The second-order valence-electron chi connectivity index (χ2n) is 7.77. The quantitative estimate of drug-likeness (QED) is 0.492. The van der Waals surface area contributed by atoms with Crippen molar-refractivity contribution in [2.45, 2.75) is 109 Å². The number of hydrogen-bond acceptors (Lipinski definition) is 4. The van der Waals surface area contributed by atoms with E-state index in [0.717, 1.165) is 38.5 Å². The van der Waals surface area contributed by atoms with Crippen LogP contribution in [0.2, 0.25) is 0 Å². The zero-order valence-corrected chi connectivity index (χ0v) is 17.1. The molecule has 152 valence electrons. The van der Waals surface area contributed by atoms with E-state index in [1.165, 1.54) is 32.1 Å². The van der Waals surface area contributed by atoms with E-state index in [1.807, 2.05) is 11.8 Å². The number of carbonyl (C=O) groups is 1. The summed E-state index contributed by atoms with van der Waals surface area (Å²) in [5.41, 5.74) is 0. The van der Waals surface area contributed by atoms with Gasteiger partial charge in [0.15, 0.2) is 5.79 Å². The summed E-state index contributed by atoms with van der Waals surface area (Å²) in [6.07, 6.45) is 12.0. The first kappa shape index (κ1) is 21.5. The van der Waals surface area contributed by atoms with Crippen LogP contribution in [0.3, 0.4) is 0 Å². The summed E-state index contributed by atoms with van der Waals surface area (Å²) in [4.78, 5) is 14.7. The highest BCUT2D eigenvalue weighted by atomic mass is 16.7. The van der Waals surface area contributed by atoms with E-state index in [2.05, 4.69) is 13.8 Å².